The molecule has 106 valence electrons. The zero-order valence-corrected chi connectivity index (χ0v) is 15.5. The third kappa shape index (κ3) is 3.94. The Kier molecular flexibility index (Phi) is 6.15. The van der Waals surface area contributed by atoms with Crippen molar-refractivity contribution in [2.45, 2.75) is 45.1 Å². The van der Waals surface area contributed by atoms with E-state index in [-0.39, 0.29) is 0 Å². The van der Waals surface area contributed by atoms with Crippen LogP contribution < -0.4 is 5.32 Å². The average molecular weight is 436 g/mol. The van der Waals surface area contributed by atoms with Crippen LogP contribution in [0.2, 0.25) is 0 Å². The number of hydrogen-bond donors (Lipinski definition) is 1. The SMILES string of the molecule is CCC1CCCC(C(NC)c2cc(I)ccc2Br)C1. The van der Waals surface area contributed by atoms with Gasteiger partial charge in [-0.1, -0.05) is 42.1 Å². The van der Waals surface area contributed by atoms with Crippen LogP contribution in [0.4, 0.5) is 0 Å². The molecule has 1 saturated carbocycles. The molecule has 0 heterocycles. The van der Waals surface area contributed by atoms with Gasteiger partial charge in [0.05, 0.1) is 0 Å². The highest BCUT2D eigenvalue weighted by atomic mass is 127. The quantitative estimate of drug-likeness (QED) is 0.613. The predicted octanol–water partition coefficient (Wildman–Crippen LogP) is 5.53. The molecule has 1 aromatic rings. The summed E-state index contributed by atoms with van der Waals surface area (Å²) in [6, 6.07) is 7.15. The summed E-state index contributed by atoms with van der Waals surface area (Å²) in [6.07, 6.45) is 6.89. The van der Waals surface area contributed by atoms with Gasteiger partial charge < -0.3 is 5.32 Å². The molecule has 3 atom stereocenters. The first kappa shape index (κ1) is 15.8. The number of nitrogens with one attached hydrogen (secondary N) is 1. The molecule has 1 aliphatic rings. The minimum absolute atomic E-state index is 0.485. The van der Waals surface area contributed by atoms with E-state index >= 15 is 0 Å². The lowest BCUT2D eigenvalue weighted by molar-refractivity contribution is 0.214. The summed E-state index contributed by atoms with van der Waals surface area (Å²) < 4.78 is 2.56. The van der Waals surface area contributed by atoms with E-state index in [4.69, 9.17) is 0 Å². The summed E-state index contributed by atoms with van der Waals surface area (Å²) >= 11 is 6.13. The first-order valence-electron chi connectivity index (χ1n) is 7.28. The van der Waals surface area contributed by atoms with Gasteiger partial charge in [-0.3, -0.25) is 0 Å². The second-order valence-electron chi connectivity index (χ2n) is 5.63. The third-order valence-corrected chi connectivity index (χ3v) is 5.87. The van der Waals surface area contributed by atoms with Gasteiger partial charge in [0.1, 0.15) is 0 Å². The fourth-order valence-electron chi connectivity index (χ4n) is 3.40. The zero-order valence-electron chi connectivity index (χ0n) is 11.8. The van der Waals surface area contributed by atoms with Crippen LogP contribution in [0.1, 0.15) is 50.6 Å². The summed E-state index contributed by atoms with van der Waals surface area (Å²) in [5, 5.41) is 3.57. The highest BCUT2D eigenvalue weighted by molar-refractivity contribution is 14.1. The van der Waals surface area contributed by atoms with E-state index in [1.807, 2.05) is 0 Å². The van der Waals surface area contributed by atoms with Gasteiger partial charge in [0.15, 0.2) is 0 Å². The van der Waals surface area contributed by atoms with Crippen molar-refractivity contribution in [3.05, 3.63) is 31.8 Å². The standard InChI is InChI=1S/C16H23BrIN/c1-3-11-5-4-6-12(9-11)16(19-2)14-10-13(18)7-8-15(14)17/h7-8,10-12,16,19H,3-6,9H2,1-2H3. The van der Waals surface area contributed by atoms with E-state index in [2.05, 4.69) is 76.0 Å². The van der Waals surface area contributed by atoms with Gasteiger partial charge in [-0.05, 0) is 78.1 Å². The van der Waals surface area contributed by atoms with E-state index in [9.17, 15) is 0 Å². The Bertz CT molecular complexity index is 421. The maximum Gasteiger partial charge on any atom is 0.0357 e. The fourth-order valence-corrected chi connectivity index (χ4v) is 4.41. The summed E-state index contributed by atoms with van der Waals surface area (Å²) in [7, 11) is 2.10. The van der Waals surface area contributed by atoms with Crippen molar-refractivity contribution in [1.82, 2.24) is 5.32 Å². The monoisotopic (exact) mass is 435 g/mol. The van der Waals surface area contributed by atoms with Gasteiger partial charge in [0, 0.05) is 14.1 Å². The summed E-state index contributed by atoms with van der Waals surface area (Å²) in [5.41, 5.74) is 1.43. The Morgan fingerprint density at radius 2 is 2.21 bits per heavy atom. The van der Waals surface area contributed by atoms with E-state index in [0.717, 1.165) is 11.8 Å². The maximum atomic E-state index is 3.73. The highest BCUT2D eigenvalue weighted by Crippen LogP contribution is 2.40. The lowest BCUT2D eigenvalue weighted by Gasteiger charge is -2.35. The van der Waals surface area contributed by atoms with Crippen LogP contribution in [-0.4, -0.2) is 7.05 Å². The van der Waals surface area contributed by atoms with Crippen molar-refractivity contribution in [2.75, 3.05) is 7.05 Å². The van der Waals surface area contributed by atoms with Crippen LogP contribution in [0.15, 0.2) is 22.7 Å². The normalized spacial score (nSPS) is 25.3. The average Bonchev–Trinajstić information content (AvgIpc) is 2.44. The van der Waals surface area contributed by atoms with E-state index in [0.29, 0.717) is 6.04 Å². The molecule has 2 rings (SSSR count). The molecular weight excluding hydrogens is 413 g/mol. The Hall–Kier alpha value is 0.390. The van der Waals surface area contributed by atoms with Crippen LogP contribution in [0.25, 0.3) is 0 Å². The summed E-state index contributed by atoms with van der Waals surface area (Å²) in [5.74, 6) is 1.70. The molecule has 1 nitrogen and oxygen atoms in total. The Morgan fingerprint density at radius 3 is 2.89 bits per heavy atom. The minimum atomic E-state index is 0.485. The van der Waals surface area contributed by atoms with Crippen molar-refractivity contribution in [3.8, 4) is 0 Å². The lowest BCUT2D eigenvalue weighted by Crippen LogP contribution is -2.29. The second kappa shape index (κ2) is 7.41. The molecule has 0 aromatic heterocycles. The van der Waals surface area contributed by atoms with E-state index in [1.54, 1.807) is 0 Å². The molecule has 0 amide bonds. The topological polar surface area (TPSA) is 12.0 Å². The van der Waals surface area contributed by atoms with Crippen LogP contribution in [0.3, 0.4) is 0 Å². The van der Waals surface area contributed by atoms with Gasteiger partial charge in [-0.25, -0.2) is 0 Å². The van der Waals surface area contributed by atoms with E-state index in [1.165, 1.54) is 45.7 Å². The van der Waals surface area contributed by atoms with Gasteiger partial charge in [-0.2, -0.15) is 0 Å². The largest absolute Gasteiger partial charge is 0.313 e. The molecule has 1 fully saturated rings. The molecule has 1 N–H and O–H groups in total. The van der Waals surface area contributed by atoms with Crippen molar-refractivity contribution in [2.24, 2.45) is 11.8 Å². The lowest BCUT2D eigenvalue weighted by atomic mass is 9.75. The Balaban J connectivity index is 2.21. The van der Waals surface area contributed by atoms with Crippen molar-refractivity contribution in [1.29, 1.82) is 0 Å². The molecule has 3 heteroatoms. The summed E-state index contributed by atoms with van der Waals surface area (Å²) in [6.45, 7) is 2.34. The number of rotatable bonds is 4. The first-order chi connectivity index (χ1) is 9.15. The predicted molar refractivity (Wildman–Crippen MR) is 94.4 cm³/mol. The minimum Gasteiger partial charge on any atom is -0.313 e. The van der Waals surface area contributed by atoms with Crippen molar-refractivity contribution < 1.29 is 0 Å². The maximum absolute atomic E-state index is 3.73. The van der Waals surface area contributed by atoms with Crippen LogP contribution in [0.5, 0.6) is 0 Å². The Morgan fingerprint density at radius 1 is 1.42 bits per heavy atom. The number of benzene rings is 1. The molecule has 19 heavy (non-hydrogen) atoms. The zero-order chi connectivity index (χ0) is 13.8. The smallest absolute Gasteiger partial charge is 0.0357 e. The van der Waals surface area contributed by atoms with Crippen LogP contribution >= 0.6 is 38.5 Å². The molecule has 1 aromatic carbocycles. The second-order valence-corrected chi connectivity index (χ2v) is 7.73. The molecule has 1 aliphatic carbocycles. The molecule has 3 unspecified atom stereocenters. The van der Waals surface area contributed by atoms with Crippen LogP contribution in [-0.2, 0) is 0 Å². The number of hydrogen-bond acceptors (Lipinski definition) is 1. The molecule has 0 radical (unpaired) electrons. The summed E-state index contributed by atoms with van der Waals surface area (Å²) in [4.78, 5) is 0. The van der Waals surface area contributed by atoms with E-state index < -0.39 is 0 Å². The van der Waals surface area contributed by atoms with Gasteiger partial charge >= 0.3 is 0 Å². The van der Waals surface area contributed by atoms with Crippen LogP contribution in [0, 0.1) is 15.4 Å². The Labute approximate surface area is 139 Å². The molecule has 0 aliphatic heterocycles. The molecule has 0 spiro atoms. The van der Waals surface area contributed by atoms with Gasteiger partial charge in [-0.15, -0.1) is 0 Å². The third-order valence-electron chi connectivity index (χ3n) is 4.48. The fraction of sp³-hybridized carbons (Fsp3) is 0.625. The van der Waals surface area contributed by atoms with Crippen molar-refractivity contribution in [3.63, 3.8) is 0 Å². The first-order valence-corrected chi connectivity index (χ1v) is 9.15. The molecule has 0 bridgehead atoms. The number of halogens is 2. The molecule has 0 saturated heterocycles. The van der Waals surface area contributed by atoms with Gasteiger partial charge in [0.2, 0.25) is 0 Å². The van der Waals surface area contributed by atoms with Gasteiger partial charge in [0.25, 0.3) is 0 Å². The van der Waals surface area contributed by atoms with Crippen molar-refractivity contribution >= 4 is 38.5 Å². The highest BCUT2D eigenvalue weighted by Gasteiger charge is 2.28. The molecular formula is C16H23BrIN.